The number of likely N-dealkylation sites (N-methyl/N-ethyl adjacent to an activating group) is 1. The Balaban J connectivity index is 3.19. The first kappa shape index (κ1) is 10.8. The Labute approximate surface area is 82.8 Å². The molecule has 0 heterocycles. The van der Waals surface area contributed by atoms with Crippen molar-refractivity contribution >= 4 is 0 Å². The van der Waals surface area contributed by atoms with Gasteiger partial charge in [-0.2, -0.15) is 0 Å². The standard InChI is InChI=1S/C10H15NO3/c1-6-3-8(13)10(9(14)4-6)7(5-12)11-2/h3-4,7,11-14H,5H2,1-2H3. The number of rotatable bonds is 3. The number of benzene rings is 1. The zero-order valence-corrected chi connectivity index (χ0v) is 8.28. The third-order valence-electron chi connectivity index (χ3n) is 2.16. The van der Waals surface area contributed by atoms with Crippen LogP contribution in [0.5, 0.6) is 11.5 Å². The fraction of sp³-hybridized carbons (Fsp3) is 0.400. The summed E-state index contributed by atoms with van der Waals surface area (Å²) in [6.45, 7) is 1.59. The van der Waals surface area contributed by atoms with Crippen LogP contribution in [-0.4, -0.2) is 29.0 Å². The molecule has 0 fully saturated rings. The molecule has 0 aliphatic carbocycles. The second-order valence-corrected chi connectivity index (χ2v) is 3.24. The van der Waals surface area contributed by atoms with Gasteiger partial charge in [0.1, 0.15) is 11.5 Å². The Hall–Kier alpha value is -1.26. The summed E-state index contributed by atoms with van der Waals surface area (Å²) >= 11 is 0. The van der Waals surface area contributed by atoms with Crippen molar-refractivity contribution in [3.05, 3.63) is 23.3 Å². The molecule has 4 heteroatoms. The number of phenolic OH excluding ortho intramolecular Hbond substituents is 2. The lowest BCUT2D eigenvalue weighted by molar-refractivity contribution is 0.245. The Morgan fingerprint density at radius 3 is 2.14 bits per heavy atom. The molecule has 4 N–H and O–H groups in total. The third kappa shape index (κ3) is 1.97. The molecule has 14 heavy (non-hydrogen) atoms. The number of aryl methyl sites for hydroxylation is 1. The second-order valence-electron chi connectivity index (χ2n) is 3.24. The highest BCUT2D eigenvalue weighted by Gasteiger charge is 2.17. The van der Waals surface area contributed by atoms with Gasteiger partial charge < -0.3 is 20.6 Å². The van der Waals surface area contributed by atoms with Gasteiger partial charge in [-0.25, -0.2) is 0 Å². The van der Waals surface area contributed by atoms with E-state index in [1.807, 2.05) is 0 Å². The summed E-state index contributed by atoms with van der Waals surface area (Å²) in [6, 6.07) is 2.65. The van der Waals surface area contributed by atoms with Crippen LogP contribution in [0.3, 0.4) is 0 Å². The normalized spacial score (nSPS) is 12.8. The average molecular weight is 197 g/mol. The molecule has 0 aliphatic heterocycles. The molecular formula is C10H15NO3. The molecule has 1 atom stereocenters. The number of hydrogen-bond donors (Lipinski definition) is 4. The summed E-state index contributed by atoms with van der Waals surface area (Å²) in [5.41, 5.74) is 1.11. The van der Waals surface area contributed by atoms with Gasteiger partial charge in [0.2, 0.25) is 0 Å². The van der Waals surface area contributed by atoms with Crippen LogP contribution in [0, 0.1) is 6.92 Å². The highest BCUT2D eigenvalue weighted by Crippen LogP contribution is 2.33. The molecule has 4 nitrogen and oxygen atoms in total. The summed E-state index contributed by atoms with van der Waals surface area (Å²) in [5.74, 6) is -0.00759. The van der Waals surface area contributed by atoms with Gasteiger partial charge in [0.25, 0.3) is 0 Å². The molecule has 78 valence electrons. The lowest BCUT2D eigenvalue weighted by Crippen LogP contribution is -2.20. The van der Waals surface area contributed by atoms with Gasteiger partial charge in [-0.05, 0) is 31.7 Å². The van der Waals surface area contributed by atoms with E-state index in [4.69, 9.17) is 5.11 Å². The van der Waals surface area contributed by atoms with Gasteiger partial charge in [0.05, 0.1) is 18.2 Å². The molecule has 1 aromatic rings. The molecule has 1 aromatic carbocycles. The van der Waals surface area contributed by atoms with E-state index < -0.39 is 6.04 Å². The van der Waals surface area contributed by atoms with Crippen LogP contribution in [0.2, 0.25) is 0 Å². The average Bonchev–Trinajstić information content (AvgIpc) is 2.10. The number of aromatic hydroxyl groups is 2. The summed E-state index contributed by atoms with van der Waals surface area (Å²) in [6.07, 6.45) is 0. The fourth-order valence-electron chi connectivity index (χ4n) is 1.44. The molecule has 0 spiro atoms. The molecule has 1 rings (SSSR count). The number of aliphatic hydroxyl groups excluding tert-OH is 1. The van der Waals surface area contributed by atoms with Gasteiger partial charge in [0.15, 0.2) is 0 Å². The van der Waals surface area contributed by atoms with E-state index in [1.165, 1.54) is 0 Å². The first-order valence-electron chi connectivity index (χ1n) is 4.40. The Bertz CT molecular complexity index is 298. The van der Waals surface area contributed by atoms with E-state index in [9.17, 15) is 10.2 Å². The number of aliphatic hydroxyl groups is 1. The molecule has 0 amide bonds. The molecular weight excluding hydrogens is 182 g/mol. The van der Waals surface area contributed by atoms with Crippen LogP contribution in [0.4, 0.5) is 0 Å². The van der Waals surface area contributed by atoms with Crippen LogP contribution in [-0.2, 0) is 0 Å². The lowest BCUT2D eigenvalue weighted by atomic mass is 10.0. The summed E-state index contributed by atoms with van der Waals surface area (Å²) in [7, 11) is 1.65. The van der Waals surface area contributed by atoms with Crippen LogP contribution >= 0.6 is 0 Å². The van der Waals surface area contributed by atoms with Crippen molar-refractivity contribution in [1.29, 1.82) is 0 Å². The highest BCUT2D eigenvalue weighted by molar-refractivity contribution is 5.48. The van der Waals surface area contributed by atoms with Crippen molar-refractivity contribution in [2.75, 3.05) is 13.7 Å². The highest BCUT2D eigenvalue weighted by atomic mass is 16.3. The predicted octanol–water partition coefficient (Wildman–Crippen LogP) is 0.659. The monoisotopic (exact) mass is 197 g/mol. The Morgan fingerprint density at radius 2 is 1.79 bits per heavy atom. The van der Waals surface area contributed by atoms with E-state index in [0.717, 1.165) is 5.56 Å². The second kappa shape index (κ2) is 4.30. The topological polar surface area (TPSA) is 72.7 Å². The Kier molecular flexibility index (Phi) is 3.33. The van der Waals surface area contributed by atoms with Gasteiger partial charge in [-0.1, -0.05) is 0 Å². The SMILES string of the molecule is CNC(CO)c1c(O)cc(C)cc1O. The van der Waals surface area contributed by atoms with Crippen molar-refractivity contribution in [2.24, 2.45) is 0 Å². The maximum atomic E-state index is 9.59. The van der Waals surface area contributed by atoms with Crippen molar-refractivity contribution in [1.82, 2.24) is 5.32 Å². The van der Waals surface area contributed by atoms with Gasteiger partial charge in [-0.3, -0.25) is 0 Å². The molecule has 0 aromatic heterocycles. The largest absolute Gasteiger partial charge is 0.507 e. The minimum Gasteiger partial charge on any atom is -0.507 e. The molecule has 0 aliphatic rings. The minimum atomic E-state index is -0.449. The maximum Gasteiger partial charge on any atom is 0.124 e. The molecule has 0 radical (unpaired) electrons. The minimum absolute atomic E-state index is 0.00380. The molecule has 1 unspecified atom stereocenters. The van der Waals surface area contributed by atoms with E-state index in [0.29, 0.717) is 5.56 Å². The van der Waals surface area contributed by atoms with Gasteiger partial charge in [0, 0.05) is 0 Å². The summed E-state index contributed by atoms with van der Waals surface area (Å²) < 4.78 is 0. The Morgan fingerprint density at radius 1 is 1.29 bits per heavy atom. The zero-order chi connectivity index (χ0) is 10.7. The van der Waals surface area contributed by atoms with E-state index in [2.05, 4.69) is 5.32 Å². The number of phenols is 2. The molecule has 0 saturated carbocycles. The fourth-order valence-corrected chi connectivity index (χ4v) is 1.44. The van der Waals surface area contributed by atoms with Crippen LogP contribution in [0.15, 0.2) is 12.1 Å². The first-order valence-corrected chi connectivity index (χ1v) is 4.40. The molecule has 0 bridgehead atoms. The van der Waals surface area contributed by atoms with Crippen molar-refractivity contribution < 1.29 is 15.3 Å². The van der Waals surface area contributed by atoms with E-state index >= 15 is 0 Å². The van der Waals surface area contributed by atoms with Crippen LogP contribution < -0.4 is 5.32 Å². The maximum absolute atomic E-state index is 9.59. The number of nitrogens with one attached hydrogen (secondary N) is 1. The molecule has 0 saturated heterocycles. The van der Waals surface area contributed by atoms with E-state index in [1.54, 1.807) is 26.1 Å². The van der Waals surface area contributed by atoms with Crippen LogP contribution in [0.25, 0.3) is 0 Å². The lowest BCUT2D eigenvalue weighted by Gasteiger charge is -2.16. The van der Waals surface area contributed by atoms with Gasteiger partial charge in [-0.15, -0.1) is 0 Å². The summed E-state index contributed by atoms with van der Waals surface area (Å²) in [5, 5.41) is 31.0. The quantitative estimate of drug-likeness (QED) is 0.574. The van der Waals surface area contributed by atoms with Crippen LogP contribution in [0.1, 0.15) is 17.2 Å². The predicted molar refractivity (Wildman–Crippen MR) is 53.4 cm³/mol. The van der Waals surface area contributed by atoms with Crippen molar-refractivity contribution in [3.63, 3.8) is 0 Å². The van der Waals surface area contributed by atoms with E-state index in [-0.39, 0.29) is 18.1 Å². The smallest absolute Gasteiger partial charge is 0.124 e. The first-order chi connectivity index (χ1) is 6.60. The number of hydrogen-bond acceptors (Lipinski definition) is 4. The summed E-state index contributed by atoms with van der Waals surface area (Å²) in [4.78, 5) is 0. The van der Waals surface area contributed by atoms with Crippen molar-refractivity contribution in [3.8, 4) is 11.5 Å². The van der Waals surface area contributed by atoms with Crippen molar-refractivity contribution in [2.45, 2.75) is 13.0 Å². The van der Waals surface area contributed by atoms with Gasteiger partial charge >= 0.3 is 0 Å². The zero-order valence-electron chi connectivity index (χ0n) is 8.28. The third-order valence-corrected chi connectivity index (χ3v) is 2.16.